The molecular formula is C21H16ClNO4S. The van der Waals surface area contributed by atoms with Gasteiger partial charge in [-0.1, -0.05) is 23.7 Å². The van der Waals surface area contributed by atoms with Gasteiger partial charge in [-0.05, 0) is 42.0 Å². The lowest BCUT2D eigenvalue weighted by Gasteiger charge is -2.17. The monoisotopic (exact) mass is 413 g/mol. The van der Waals surface area contributed by atoms with Gasteiger partial charge in [-0.2, -0.15) is 0 Å². The third kappa shape index (κ3) is 3.25. The van der Waals surface area contributed by atoms with Crippen LogP contribution in [0.5, 0.6) is 5.75 Å². The first-order valence-electron chi connectivity index (χ1n) is 8.61. The highest BCUT2D eigenvalue weighted by atomic mass is 35.5. The maximum Gasteiger partial charge on any atom is 0.335 e. The van der Waals surface area contributed by atoms with Crippen LogP contribution in [0.1, 0.15) is 25.6 Å². The molecule has 28 heavy (non-hydrogen) atoms. The summed E-state index contributed by atoms with van der Waals surface area (Å²) in [7, 11) is 1.70. The van der Waals surface area contributed by atoms with Crippen LogP contribution in [-0.2, 0) is 6.42 Å². The van der Waals surface area contributed by atoms with Crippen LogP contribution in [0, 0.1) is 0 Å². The highest BCUT2D eigenvalue weighted by Gasteiger charge is 2.24. The molecule has 0 bridgehead atoms. The number of fused-ring (bicyclic) bond motifs is 3. The molecule has 142 valence electrons. The minimum Gasteiger partial charge on any atom is -0.493 e. The predicted octanol–water partition coefficient (Wildman–Crippen LogP) is 4.98. The van der Waals surface area contributed by atoms with Gasteiger partial charge in [0.05, 0.1) is 27.8 Å². The summed E-state index contributed by atoms with van der Waals surface area (Å²) in [5, 5.41) is 9.72. The van der Waals surface area contributed by atoms with E-state index < -0.39 is 5.97 Å². The maximum absolute atomic E-state index is 13.0. The number of nitrogens with zero attached hydrogens (tertiary/aromatic N) is 1. The van der Waals surface area contributed by atoms with Crippen LogP contribution in [0.25, 0.3) is 10.4 Å². The number of carboxylic acids is 1. The van der Waals surface area contributed by atoms with Gasteiger partial charge >= 0.3 is 5.97 Å². The van der Waals surface area contributed by atoms with Crippen LogP contribution < -0.4 is 9.64 Å². The molecule has 1 amide bonds. The smallest absolute Gasteiger partial charge is 0.335 e. The molecule has 1 N–H and O–H groups in total. The first-order chi connectivity index (χ1) is 13.5. The molecule has 2 aromatic carbocycles. The van der Waals surface area contributed by atoms with Crippen LogP contribution >= 0.6 is 22.9 Å². The van der Waals surface area contributed by atoms with Gasteiger partial charge in [0.2, 0.25) is 0 Å². The summed E-state index contributed by atoms with van der Waals surface area (Å²) < 4.78 is 5.74. The lowest BCUT2D eigenvalue weighted by Crippen LogP contribution is -2.25. The summed E-state index contributed by atoms with van der Waals surface area (Å²) in [4.78, 5) is 27.3. The number of hydrogen-bond donors (Lipinski definition) is 1. The molecular weight excluding hydrogens is 398 g/mol. The second-order valence-corrected chi connectivity index (χ2v) is 7.85. The number of thiophene rings is 1. The zero-order chi connectivity index (χ0) is 19.8. The van der Waals surface area contributed by atoms with Gasteiger partial charge in [0.15, 0.2) is 0 Å². The summed E-state index contributed by atoms with van der Waals surface area (Å²) in [6, 6.07) is 13.9. The number of carbonyl (C=O) groups excluding carboxylic acids is 1. The average Bonchev–Trinajstić information content (AvgIpc) is 3.03. The second-order valence-electron chi connectivity index (χ2n) is 6.40. The van der Waals surface area contributed by atoms with E-state index in [1.807, 2.05) is 18.2 Å². The standard InChI is InChI=1S/C21H16ClNO4S/c1-23(16-5-3-2-4-15(16)22)20(24)18-11-12-8-9-27-17-10-13(21(25)26)6-7-14(17)19(12)28-18/h2-7,10-11H,8-9H2,1H3,(H,25,26). The summed E-state index contributed by atoms with van der Waals surface area (Å²) >= 11 is 7.61. The van der Waals surface area contributed by atoms with Gasteiger partial charge in [0.1, 0.15) is 5.75 Å². The molecule has 3 aromatic rings. The molecule has 0 aliphatic carbocycles. The van der Waals surface area contributed by atoms with Crippen LogP contribution in [-0.4, -0.2) is 30.6 Å². The van der Waals surface area contributed by atoms with Crippen molar-refractivity contribution >= 4 is 40.5 Å². The number of halogens is 1. The molecule has 1 aliphatic rings. The molecule has 0 atom stereocenters. The zero-order valence-corrected chi connectivity index (χ0v) is 16.5. The van der Waals surface area contributed by atoms with E-state index in [0.29, 0.717) is 34.4 Å². The quantitative estimate of drug-likeness (QED) is 0.657. The number of rotatable bonds is 3. The number of carbonyl (C=O) groups is 2. The number of aromatic carboxylic acids is 1. The molecule has 0 saturated carbocycles. The van der Waals surface area contributed by atoms with Crippen molar-refractivity contribution in [3.05, 3.63) is 69.6 Å². The van der Waals surface area contributed by atoms with Crippen LogP contribution in [0.2, 0.25) is 5.02 Å². The molecule has 4 rings (SSSR count). The van der Waals surface area contributed by atoms with E-state index in [9.17, 15) is 14.7 Å². The van der Waals surface area contributed by atoms with E-state index in [0.717, 1.165) is 16.0 Å². The van der Waals surface area contributed by atoms with Gasteiger partial charge in [-0.3, -0.25) is 4.79 Å². The van der Waals surface area contributed by atoms with E-state index in [2.05, 4.69) is 0 Å². The lowest BCUT2D eigenvalue weighted by atomic mass is 10.1. The zero-order valence-electron chi connectivity index (χ0n) is 14.9. The highest BCUT2D eigenvalue weighted by molar-refractivity contribution is 7.17. The Morgan fingerprint density at radius 2 is 1.96 bits per heavy atom. The molecule has 0 unspecified atom stereocenters. The average molecular weight is 414 g/mol. The van der Waals surface area contributed by atoms with E-state index in [4.69, 9.17) is 16.3 Å². The van der Waals surface area contributed by atoms with Crippen molar-refractivity contribution in [1.29, 1.82) is 0 Å². The van der Waals surface area contributed by atoms with Crippen LogP contribution in [0.15, 0.2) is 48.5 Å². The highest BCUT2D eigenvalue weighted by Crippen LogP contribution is 2.41. The third-order valence-electron chi connectivity index (χ3n) is 4.64. The minimum atomic E-state index is -1.00. The Morgan fingerprint density at radius 1 is 1.18 bits per heavy atom. The van der Waals surface area contributed by atoms with E-state index >= 15 is 0 Å². The van der Waals surface area contributed by atoms with Gasteiger partial charge in [0.25, 0.3) is 5.91 Å². The molecule has 2 heterocycles. The predicted molar refractivity (Wildman–Crippen MR) is 110 cm³/mol. The maximum atomic E-state index is 13.0. The Hall–Kier alpha value is -2.83. The fraction of sp³-hybridized carbons (Fsp3) is 0.143. The summed E-state index contributed by atoms with van der Waals surface area (Å²) in [6.07, 6.45) is 0.645. The summed E-state index contributed by atoms with van der Waals surface area (Å²) in [5.41, 5.74) is 2.64. The van der Waals surface area contributed by atoms with Crippen molar-refractivity contribution in [3.8, 4) is 16.2 Å². The molecule has 1 aromatic heterocycles. The fourth-order valence-electron chi connectivity index (χ4n) is 3.18. The Kier molecular flexibility index (Phi) is 4.83. The molecule has 0 radical (unpaired) electrons. The Bertz CT molecular complexity index is 1090. The number of para-hydroxylation sites is 1. The summed E-state index contributed by atoms with van der Waals surface area (Å²) in [6.45, 7) is 0.424. The van der Waals surface area contributed by atoms with Crippen molar-refractivity contribution < 1.29 is 19.4 Å². The van der Waals surface area contributed by atoms with Gasteiger partial charge in [0, 0.05) is 23.9 Å². The van der Waals surface area contributed by atoms with Crippen molar-refractivity contribution in [1.82, 2.24) is 0 Å². The van der Waals surface area contributed by atoms with Gasteiger partial charge in [-0.25, -0.2) is 4.79 Å². The Labute approximate surface area is 170 Å². The number of amides is 1. The molecule has 7 heteroatoms. The van der Waals surface area contributed by atoms with Crippen LogP contribution in [0.3, 0.4) is 0 Å². The van der Waals surface area contributed by atoms with E-state index in [1.165, 1.54) is 17.4 Å². The van der Waals surface area contributed by atoms with Gasteiger partial charge in [-0.15, -0.1) is 11.3 Å². The molecule has 0 fully saturated rings. The minimum absolute atomic E-state index is 0.143. The van der Waals surface area contributed by atoms with Crippen molar-refractivity contribution in [2.75, 3.05) is 18.6 Å². The topological polar surface area (TPSA) is 66.8 Å². The fourth-order valence-corrected chi connectivity index (χ4v) is 4.66. The van der Waals surface area contributed by atoms with Gasteiger partial charge < -0.3 is 14.7 Å². The summed E-state index contributed by atoms with van der Waals surface area (Å²) in [5.74, 6) is -0.617. The first-order valence-corrected chi connectivity index (χ1v) is 9.81. The number of carboxylic acid groups (broad SMARTS) is 1. The largest absolute Gasteiger partial charge is 0.493 e. The molecule has 0 saturated heterocycles. The number of benzene rings is 2. The van der Waals surface area contributed by atoms with Crippen molar-refractivity contribution in [2.45, 2.75) is 6.42 Å². The van der Waals surface area contributed by atoms with E-state index in [-0.39, 0.29) is 11.5 Å². The van der Waals surface area contributed by atoms with Crippen LogP contribution in [0.4, 0.5) is 5.69 Å². The second kappa shape index (κ2) is 7.30. The number of ether oxygens (including phenoxy) is 1. The normalized spacial score (nSPS) is 12.4. The SMILES string of the molecule is CN(C(=O)c1cc2c(s1)-c1ccc(C(=O)O)cc1OCC2)c1ccccc1Cl. The first kappa shape index (κ1) is 18.5. The number of anilines is 1. The number of hydrogen-bond acceptors (Lipinski definition) is 4. The molecule has 5 nitrogen and oxygen atoms in total. The van der Waals surface area contributed by atoms with Crippen molar-refractivity contribution in [3.63, 3.8) is 0 Å². The molecule has 1 aliphatic heterocycles. The lowest BCUT2D eigenvalue weighted by molar-refractivity contribution is 0.0696. The molecule has 0 spiro atoms. The third-order valence-corrected chi connectivity index (χ3v) is 6.16. The van der Waals surface area contributed by atoms with E-state index in [1.54, 1.807) is 36.2 Å². The van der Waals surface area contributed by atoms with Crippen molar-refractivity contribution in [2.24, 2.45) is 0 Å². The Balaban J connectivity index is 1.72. The Morgan fingerprint density at radius 3 is 2.71 bits per heavy atom.